The van der Waals surface area contributed by atoms with Crippen LogP contribution in [0.1, 0.15) is 43.5 Å². The number of rotatable bonds is 11. The summed E-state index contributed by atoms with van der Waals surface area (Å²) in [5, 5.41) is 0. The highest BCUT2D eigenvalue weighted by atomic mass is 79.9. The van der Waals surface area contributed by atoms with Crippen LogP contribution in [0.4, 0.5) is 0 Å². The van der Waals surface area contributed by atoms with Gasteiger partial charge in [-0.15, -0.1) is 0 Å². The van der Waals surface area contributed by atoms with Crippen molar-refractivity contribution in [3.8, 4) is 23.0 Å². The zero-order valence-corrected chi connectivity index (χ0v) is 29.9. The highest BCUT2D eigenvalue weighted by molar-refractivity contribution is 9.10. The van der Waals surface area contributed by atoms with Gasteiger partial charge in [-0.2, -0.15) is 0 Å². The summed E-state index contributed by atoms with van der Waals surface area (Å²) in [6.45, 7) is 6.36. The van der Waals surface area contributed by atoms with Gasteiger partial charge in [-0.05, 0) is 79.9 Å². The smallest absolute Gasteiger partial charge is 0.338 e. The Bertz CT molecular complexity index is 1980. The minimum Gasteiger partial charge on any atom is -0.493 e. The molecular formula is C34H32Br2N2O7S. The lowest BCUT2D eigenvalue weighted by Gasteiger charge is -2.26. The number of benzene rings is 3. The first-order chi connectivity index (χ1) is 22.2. The molecule has 0 bridgehead atoms. The average molecular weight is 773 g/mol. The van der Waals surface area contributed by atoms with Crippen molar-refractivity contribution in [2.45, 2.75) is 33.4 Å². The third-order valence-electron chi connectivity index (χ3n) is 7.19. The van der Waals surface area contributed by atoms with Crippen LogP contribution in [0.5, 0.6) is 23.0 Å². The van der Waals surface area contributed by atoms with E-state index in [9.17, 15) is 9.59 Å². The van der Waals surface area contributed by atoms with Gasteiger partial charge in [0.15, 0.2) is 27.8 Å². The summed E-state index contributed by atoms with van der Waals surface area (Å²) in [6, 6.07) is 16.1. The largest absolute Gasteiger partial charge is 0.493 e. The van der Waals surface area contributed by atoms with Gasteiger partial charge in [0.2, 0.25) is 0 Å². The topological polar surface area (TPSA) is 97.6 Å². The van der Waals surface area contributed by atoms with E-state index < -0.39 is 12.0 Å². The van der Waals surface area contributed by atoms with Gasteiger partial charge in [-0.3, -0.25) is 9.36 Å². The Kier molecular flexibility index (Phi) is 10.7. The number of allylic oxidation sites excluding steroid dienone is 1. The van der Waals surface area contributed by atoms with Gasteiger partial charge in [0.25, 0.3) is 5.56 Å². The number of halogens is 2. The van der Waals surface area contributed by atoms with Crippen LogP contribution in [0, 0.1) is 0 Å². The second-order valence-corrected chi connectivity index (χ2v) is 12.9. The molecule has 1 aliphatic heterocycles. The van der Waals surface area contributed by atoms with Crippen molar-refractivity contribution in [3.05, 3.63) is 111 Å². The molecule has 3 aromatic carbocycles. The molecule has 12 heteroatoms. The van der Waals surface area contributed by atoms with Crippen LogP contribution in [0.3, 0.4) is 0 Å². The quantitative estimate of drug-likeness (QED) is 0.165. The Morgan fingerprint density at radius 1 is 0.935 bits per heavy atom. The maximum absolute atomic E-state index is 14.2. The number of carbonyl (C=O) groups is 1. The van der Waals surface area contributed by atoms with E-state index in [-0.39, 0.29) is 17.7 Å². The van der Waals surface area contributed by atoms with Crippen molar-refractivity contribution in [2.24, 2.45) is 4.99 Å². The number of aromatic nitrogens is 1. The zero-order chi connectivity index (χ0) is 33.0. The summed E-state index contributed by atoms with van der Waals surface area (Å²) in [4.78, 5) is 32.6. The van der Waals surface area contributed by atoms with Crippen LogP contribution < -0.4 is 33.8 Å². The summed E-state index contributed by atoms with van der Waals surface area (Å²) in [6.07, 6.45) is 1.79. The van der Waals surface area contributed by atoms with E-state index in [1.807, 2.05) is 49.4 Å². The van der Waals surface area contributed by atoms with Crippen LogP contribution in [0.2, 0.25) is 0 Å². The number of nitrogens with zero attached hydrogens (tertiary/aromatic N) is 2. The van der Waals surface area contributed by atoms with Gasteiger partial charge in [-0.25, -0.2) is 9.79 Å². The standard InChI is InChI=1S/C34H32Br2N2O7S/c1-6-43-28-14-21(10-13-25(28)45-18-20-8-11-22(35)12-9-20)15-29-32(39)38-31(23-16-26(41-4)27(42-5)17-24(23)36)30(33(40)44-7-2)19(3)37-34(38)46-29/h8-17,31H,6-7,18H2,1-5H3/b29-15-/t31-/m0/s1. The maximum atomic E-state index is 14.2. The molecule has 5 rings (SSSR count). The van der Waals surface area contributed by atoms with Crippen molar-refractivity contribution in [2.75, 3.05) is 27.4 Å². The van der Waals surface area contributed by atoms with Gasteiger partial charge in [0.1, 0.15) is 6.61 Å². The summed E-state index contributed by atoms with van der Waals surface area (Å²) >= 11 is 8.32. The third-order valence-corrected chi connectivity index (χ3v) is 9.39. The molecule has 0 amide bonds. The zero-order valence-electron chi connectivity index (χ0n) is 25.9. The fourth-order valence-electron chi connectivity index (χ4n) is 5.06. The molecule has 1 aliphatic rings. The van der Waals surface area contributed by atoms with E-state index in [1.165, 1.54) is 23.0 Å². The number of fused-ring (bicyclic) bond motifs is 1. The average Bonchev–Trinajstić information content (AvgIpc) is 3.34. The normalized spacial score (nSPS) is 14.4. The SMILES string of the molecule is CCOC(=O)C1=C(C)N=c2s/c(=C\c3ccc(OCc4ccc(Br)cc4)c(OCC)c3)c(=O)n2[C@H]1c1cc(OC)c(OC)cc1Br. The number of hydrogen-bond donors (Lipinski definition) is 0. The molecule has 0 spiro atoms. The number of ether oxygens (including phenoxy) is 5. The van der Waals surface area contributed by atoms with E-state index in [0.717, 1.165) is 15.6 Å². The van der Waals surface area contributed by atoms with Crippen molar-refractivity contribution < 1.29 is 28.5 Å². The maximum Gasteiger partial charge on any atom is 0.338 e. The Balaban J connectivity index is 1.60. The lowest BCUT2D eigenvalue weighted by Crippen LogP contribution is -2.40. The lowest BCUT2D eigenvalue weighted by atomic mass is 9.95. The minimum absolute atomic E-state index is 0.171. The molecule has 0 saturated carbocycles. The first-order valence-electron chi connectivity index (χ1n) is 14.4. The molecule has 46 heavy (non-hydrogen) atoms. The minimum atomic E-state index is -0.833. The van der Waals surface area contributed by atoms with Gasteiger partial charge in [-0.1, -0.05) is 61.4 Å². The third kappa shape index (κ3) is 6.93. The van der Waals surface area contributed by atoms with Gasteiger partial charge in [0.05, 0.1) is 49.3 Å². The van der Waals surface area contributed by atoms with Crippen LogP contribution >= 0.6 is 43.2 Å². The van der Waals surface area contributed by atoms with Crippen LogP contribution in [0.25, 0.3) is 6.08 Å². The Hall–Kier alpha value is -3.87. The van der Waals surface area contributed by atoms with Crippen molar-refractivity contribution in [1.29, 1.82) is 0 Å². The van der Waals surface area contributed by atoms with Crippen molar-refractivity contribution >= 4 is 55.2 Å². The highest BCUT2D eigenvalue weighted by Gasteiger charge is 2.35. The van der Waals surface area contributed by atoms with E-state index in [2.05, 4.69) is 36.9 Å². The first kappa shape index (κ1) is 33.5. The fourth-order valence-corrected chi connectivity index (χ4v) is 6.91. The van der Waals surface area contributed by atoms with Gasteiger partial charge < -0.3 is 23.7 Å². The molecule has 0 fully saturated rings. The predicted octanol–water partition coefficient (Wildman–Crippen LogP) is 6.32. The molecule has 1 atom stereocenters. The number of carbonyl (C=O) groups excluding carboxylic acids is 1. The molecule has 0 saturated heterocycles. The lowest BCUT2D eigenvalue weighted by molar-refractivity contribution is -0.139. The van der Waals surface area contributed by atoms with E-state index >= 15 is 0 Å². The number of esters is 1. The Morgan fingerprint density at radius 3 is 2.33 bits per heavy atom. The molecule has 0 radical (unpaired) electrons. The second kappa shape index (κ2) is 14.7. The van der Waals surface area contributed by atoms with Gasteiger partial charge in [0, 0.05) is 8.95 Å². The molecule has 2 heterocycles. The molecule has 0 aliphatic carbocycles. The van der Waals surface area contributed by atoms with Gasteiger partial charge >= 0.3 is 5.97 Å². The Morgan fingerprint density at radius 2 is 1.65 bits per heavy atom. The van der Waals surface area contributed by atoms with Crippen molar-refractivity contribution in [1.82, 2.24) is 4.57 Å². The predicted molar refractivity (Wildman–Crippen MR) is 184 cm³/mol. The molecule has 9 nitrogen and oxygen atoms in total. The molecule has 4 aromatic rings. The van der Waals surface area contributed by atoms with Crippen molar-refractivity contribution in [3.63, 3.8) is 0 Å². The van der Waals surface area contributed by atoms with Crippen LogP contribution in [-0.4, -0.2) is 38.0 Å². The highest BCUT2D eigenvalue weighted by Crippen LogP contribution is 2.41. The molecule has 1 aromatic heterocycles. The first-order valence-corrected chi connectivity index (χ1v) is 16.8. The number of hydrogen-bond acceptors (Lipinski definition) is 9. The summed E-state index contributed by atoms with van der Waals surface area (Å²) in [5.74, 6) is 1.56. The van der Waals surface area contributed by atoms with Crippen LogP contribution in [-0.2, 0) is 16.1 Å². The number of thiazole rings is 1. The summed E-state index contributed by atoms with van der Waals surface area (Å²) in [7, 11) is 3.07. The second-order valence-electron chi connectivity index (χ2n) is 10.1. The summed E-state index contributed by atoms with van der Waals surface area (Å²) < 4.78 is 32.0. The fraction of sp³-hybridized carbons (Fsp3) is 0.265. The monoisotopic (exact) mass is 770 g/mol. The van der Waals surface area contributed by atoms with Crippen LogP contribution in [0.15, 0.2) is 84.6 Å². The number of methoxy groups -OCH3 is 2. The summed E-state index contributed by atoms with van der Waals surface area (Å²) in [5.41, 5.74) is 2.80. The molecule has 240 valence electrons. The Labute approximate surface area is 287 Å². The molecule has 0 unspecified atom stereocenters. The van der Waals surface area contributed by atoms with E-state index in [4.69, 9.17) is 23.7 Å². The molecule has 0 N–H and O–H groups in total. The molecular weight excluding hydrogens is 740 g/mol. The van der Waals surface area contributed by atoms with E-state index in [1.54, 1.807) is 39.2 Å². The van der Waals surface area contributed by atoms with E-state index in [0.29, 0.717) is 61.3 Å².